The number of carbonyl (C=O) groups is 2. The zero-order chi connectivity index (χ0) is 13.0. The van der Waals surface area contributed by atoms with Crippen LogP contribution >= 0.6 is 0 Å². The second-order valence-corrected chi connectivity index (χ2v) is 5.29. The standard InChI is InChI=1S/C12H23N3O2/c1-8(2)6-13-12(17)14-10-5-11(16)15(7-10)9(3)4/h8-10H,5-7H2,1-4H3,(H2,13,14,17)/t10-/m0/s1. The minimum absolute atomic E-state index is 0.0583. The highest BCUT2D eigenvalue weighted by atomic mass is 16.2. The van der Waals surface area contributed by atoms with Crippen molar-refractivity contribution in [3.8, 4) is 0 Å². The van der Waals surface area contributed by atoms with Crippen LogP contribution in [-0.4, -0.2) is 42.0 Å². The van der Waals surface area contributed by atoms with Crippen molar-refractivity contribution < 1.29 is 9.59 Å². The maximum atomic E-state index is 11.6. The highest BCUT2D eigenvalue weighted by Crippen LogP contribution is 2.13. The van der Waals surface area contributed by atoms with Gasteiger partial charge in [0, 0.05) is 25.6 Å². The van der Waals surface area contributed by atoms with Crippen molar-refractivity contribution in [1.29, 1.82) is 0 Å². The van der Waals surface area contributed by atoms with Crippen molar-refractivity contribution in [1.82, 2.24) is 15.5 Å². The normalized spacial score (nSPS) is 20.2. The lowest BCUT2D eigenvalue weighted by Crippen LogP contribution is -2.44. The third kappa shape index (κ3) is 4.24. The molecule has 0 bridgehead atoms. The summed E-state index contributed by atoms with van der Waals surface area (Å²) in [5.41, 5.74) is 0. The lowest BCUT2D eigenvalue weighted by Gasteiger charge is -2.21. The number of likely N-dealkylation sites (tertiary alicyclic amines) is 1. The summed E-state index contributed by atoms with van der Waals surface area (Å²) in [6.07, 6.45) is 0.410. The van der Waals surface area contributed by atoms with Crippen LogP contribution in [0, 0.1) is 5.92 Å². The van der Waals surface area contributed by atoms with Gasteiger partial charge in [0.1, 0.15) is 0 Å². The minimum atomic E-state index is -0.179. The minimum Gasteiger partial charge on any atom is -0.338 e. The molecule has 0 aromatic carbocycles. The van der Waals surface area contributed by atoms with Crippen LogP contribution in [0.3, 0.4) is 0 Å². The van der Waals surface area contributed by atoms with Crippen molar-refractivity contribution >= 4 is 11.9 Å². The molecule has 1 fully saturated rings. The lowest BCUT2D eigenvalue weighted by molar-refractivity contribution is -0.129. The monoisotopic (exact) mass is 241 g/mol. The van der Waals surface area contributed by atoms with Crippen LogP contribution in [0.4, 0.5) is 4.79 Å². The summed E-state index contributed by atoms with van der Waals surface area (Å²) in [4.78, 5) is 25.0. The Kier molecular flexibility index (Phi) is 4.78. The van der Waals surface area contributed by atoms with Gasteiger partial charge in [-0.15, -0.1) is 0 Å². The summed E-state index contributed by atoms with van der Waals surface area (Å²) in [5.74, 6) is 0.548. The molecule has 0 unspecified atom stereocenters. The predicted octanol–water partition coefficient (Wildman–Crippen LogP) is 0.951. The summed E-state index contributed by atoms with van der Waals surface area (Å²) in [7, 11) is 0. The fourth-order valence-corrected chi connectivity index (χ4v) is 1.86. The first-order chi connectivity index (χ1) is 7.90. The Labute approximate surface area is 103 Å². The maximum absolute atomic E-state index is 11.6. The summed E-state index contributed by atoms with van der Waals surface area (Å²) in [6, 6.07) is -0.0350. The predicted molar refractivity (Wildman–Crippen MR) is 66.6 cm³/mol. The molecule has 1 atom stereocenters. The smallest absolute Gasteiger partial charge is 0.315 e. The van der Waals surface area contributed by atoms with E-state index >= 15 is 0 Å². The number of nitrogens with zero attached hydrogens (tertiary/aromatic N) is 1. The number of carbonyl (C=O) groups excluding carboxylic acids is 2. The van der Waals surface area contributed by atoms with Crippen molar-refractivity contribution in [3.05, 3.63) is 0 Å². The molecule has 0 spiro atoms. The second-order valence-electron chi connectivity index (χ2n) is 5.29. The Balaban J connectivity index is 2.34. The topological polar surface area (TPSA) is 61.4 Å². The zero-order valence-electron chi connectivity index (χ0n) is 11.1. The van der Waals surface area contributed by atoms with Gasteiger partial charge < -0.3 is 15.5 Å². The number of nitrogens with one attached hydrogen (secondary N) is 2. The Morgan fingerprint density at radius 1 is 1.41 bits per heavy atom. The van der Waals surface area contributed by atoms with Gasteiger partial charge in [-0.2, -0.15) is 0 Å². The second kappa shape index (κ2) is 5.89. The number of amides is 3. The molecule has 0 aromatic rings. The van der Waals surface area contributed by atoms with E-state index in [1.807, 2.05) is 27.7 Å². The molecule has 0 radical (unpaired) electrons. The van der Waals surface area contributed by atoms with Gasteiger partial charge in [-0.1, -0.05) is 13.8 Å². The zero-order valence-corrected chi connectivity index (χ0v) is 11.1. The summed E-state index contributed by atoms with van der Waals surface area (Å²) in [5, 5.41) is 5.62. The molecule has 98 valence electrons. The van der Waals surface area contributed by atoms with Crippen LogP contribution in [0.1, 0.15) is 34.1 Å². The van der Waals surface area contributed by atoms with E-state index in [4.69, 9.17) is 0 Å². The van der Waals surface area contributed by atoms with Gasteiger partial charge in [0.2, 0.25) is 5.91 Å². The van der Waals surface area contributed by atoms with Gasteiger partial charge in [-0.25, -0.2) is 4.79 Å². The molecule has 2 N–H and O–H groups in total. The Morgan fingerprint density at radius 2 is 2.06 bits per heavy atom. The van der Waals surface area contributed by atoms with Crippen LogP contribution in [0.5, 0.6) is 0 Å². The van der Waals surface area contributed by atoms with E-state index in [0.717, 1.165) is 0 Å². The highest BCUT2D eigenvalue weighted by Gasteiger charge is 2.31. The SMILES string of the molecule is CC(C)CNC(=O)N[C@H]1CC(=O)N(C(C)C)C1. The van der Waals surface area contributed by atoms with E-state index in [1.165, 1.54) is 0 Å². The van der Waals surface area contributed by atoms with Gasteiger partial charge in [-0.05, 0) is 19.8 Å². The van der Waals surface area contributed by atoms with Gasteiger partial charge in [0.15, 0.2) is 0 Å². The Bertz CT molecular complexity index is 289. The maximum Gasteiger partial charge on any atom is 0.315 e. The largest absolute Gasteiger partial charge is 0.338 e. The van der Waals surface area contributed by atoms with Crippen molar-refractivity contribution in [2.24, 2.45) is 5.92 Å². The van der Waals surface area contributed by atoms with Crippen LogP contribution in [-0.2, 0) is 4.79 Å². The third-order valence-electron chi connectivity index (χ3n) is 2.79. The fourth-order valence-electron chi connectivity index (χ4n) is 1.86. The molecule has 1 aliphatic rings. The number of hydrogen-bond acceptors (Lipinski definition) is 2. The van der Waals surface area contributed by atoms with Gasteiger partial charge in [0.25, 0.3) is 0 Å². The first-order valence-corrected chi connectivity index (χ1v) is 6.24. The average molecular weight is 241 g/mol. The number of urea groups is 1. The number of hydrogen-bond donors (Lipinski definition) is 2. The molecule has 3 amide bonds. The van der Waals surface area contributed by atoms with Crippen LogP contribution in [0.25, 0.3) is 0 Å². The molecule has 1 heterocycles. The molecule has 17 heavy (non-hydrogen) atoms. The van der Waals surface area contributed by atoms with Gasteiger partial charge in [-0.3, -0.25) is 4.79 Å². The highest BCUT2D eigenvalue weighted by molar-refractivity contribution is 5.81. The Hall–Kier alpha value is -1.26. The van der Waals surface area contributed by atoms with E-state index in [9.17, 15) is 9.59 Å². The molecule has 5 nitrogen and oxygen atoms in total. The number of rotatable bonds is 4. The van der Waals surface area contributed by atoms with Gasteiger partial charge >= 0.3 is 6.03 Å². The first-order valence-electron chi connectivity index (χ1n) is 6.24. The van der Waals surface area contributed by atoms with E-state index in [-0.39, 0.29) is 24.0 Å². The summed E-state index contributed by atoms with van der Waals surface area (Å²) in [6.45, 7) is 9.32. The van der Waals surface area contributed by atoms with E-state index in [1.54, 1.807) is 4.90 Å². The van der Waals surface area contributed by atoms with Crippen molar-refractivity contribution in [2.75, 3.05) is 13.1 Å². The molecule has 0 aromatic heterocycles. The quantitative estimate of drug-likeness (QED) is 0.770. The third-order valence-corrected chi connectivity index (χ3v) is 2.79. The van der Waals surface area contributed by atoms with Crippen LogP contribution in [0.2, 0.25) is 0 Å². The summed E-state index contributed by atoms with van der Waals surface area (Å²) >= 11 is 0. The summed E-state index contributed by atoms with van der Waals surface area (Å²) < 4.78 is 0. The van der Waals surface area contributed by atoms with E-state index < -0.39 is 0 Å². The van der Waals surface area contributed by atoms with Crippen molar-refractivity contribution in [2.45, 2.75) is 46.2 Å². The van der Waals surface area contributed by atoms with E-state index in [0.29, 0.717) is 25.4 Å². The lowest BCUT2D eigenvalue weighted by atomic mass is 10.2. The fraction of sp³-hybridized carbons (Fsp3) is 0.833. The van der Waals surface area contributed by atoms with Crippen LogP contribution in [0.15, 0.2) is 0 Å². The molecule has 1 aliphatic heterocycles. The first kappa shape index (κ1) is 13.8. The molecular weight excluding hydrogens is 218 g/mol. The molecule has 5 heteroatoms. The van der Waals surface area contributed by atoms with E-state index in [2.05, 4.69) is 10.6 Å². The molecule has 0 aliphatic carbocycles. The van der Waals surface area contributed by atoms with Gasteiger partial charge in [0.05, 0.1) is 6.04 Å². The molecule has 1 saturated heterocycles. The molecule has 1 rings (SSSR count). The van der Waals surface area contributed by atoms with Crippen LogP contribution < -0.4 is 10.6 Å². The average Bonchev–Trinajstić information content (AvgIpc) is 2.56. The molecular formula is C12H23N3O2. The molecule has 0 saturated carbocycles. The van der Waals surface area contributed by atoms with Crippen molar-refractivity contribution in [3.63, 3.8) is 0 Å². The Morgan fingerprint density at radius 3 is 2.53 bits per heavy atom.